The summed E-state index contributed by atoms with van der Waals surface area (Å²) in [4.78, 5) is 7.86. The number of halogens is 2. The Balaban J connectivity index is 1.50. The summed E-state index contributed by atoms with van der Waals surface area (Å²) in [5.74, 6) is -2.20. The molecule has 1 fully saturated rings. The number of rotatable bonds is 5. The average molecular weight is 403 g/mol. The summed E-state index contributed by atoms with van der Waals surface area (Å²) in [5, 5.41) is 0. The van der Waals surface area contributed by atoms with Crippen LogP contribution >= 0.6 is 12.2 Å². The number of hydrogen-bond acceptors (Lipinski definition) is 2. The molecule has 3 rings (SSSR count). The van der Waals surface area contributed by atoms with Gasteiger partial charge >= 0.3 is 0 Å². The summed E-state index contributed by atoms with van der Waals surface area (Å²) in [6.07, 6.45) is 3.81. The minimum atomic E-state index is -2.77. The summed E-state index contributed by atoms with van der Waals surface area (Å²) in [7, 11) is 0. The van der Waals surface area contributed by atoms with Gasteiger partial charge in [-0.3, -0.25) is 4.98 Å². The van der Waals surface area contributed by atoms with E-state index in [1.165, 1.54) is 5.56 Å². The highest BCUT2D eigenvalue weighted by molar-refractivity contribution is 7.80. The first-order chi connectivity index (χ1) is 13.2. The Bertz CT molecular complexity index is 799. The van der Waals surface area contributed by atoms with E-state index in [1.807, 2.05) is 19.1 Å². The van der Waals surface area contributed by atoms with E-state index in [0.717, 1.165) is 67.6 Å². The van der Waals surface area contributed by atoms with Crippen LogP contribution in [0, 0.1) is 19.8 Å². The molecule has 1 aliphatic rings. The number of pyridine rings is 1. The maximum absolute atomic E-state index is 13.3. The van der Waals surface area contributed by atoms with Gasteiger partial charge in [0, 0.05) is 43.4 Å². The molecular weight excluding hydrogens is 374 g/mol. The Morgan fingerprint density at radius 1 is 1.14 bits per heavy atom. The van der Waals surface area contributed by atoms with Gasteiger partial charge < -0.3 is 4.90 Å². The van der Waals surface area contributed by atoms with E-state index in [2.05, 4.69) is 28.9 Å². The molecule has 0 N–H and O–H groups in total. The smallest absolute Gasteiger partial charge is 0.270 e. The standard InChI is InChI=1S/C23H28F2N2S/c1-16-12-17(2)26-21(13-16)15-22(28)27-10-8-19(9-11-27)14-18-4-6-20(7-5-18)23(3,24)25/h4-7,12-13,19H,8-11,14-15H2,1-3H3. The van der Waals surface area contributed by atoms with Crippen molar-refractivity contribution in [3.05, 3.63) is 64.5 Å². The van der Waals surface area contributed by atoms with Gasteiger partial charge in [-0.15, -0.1) is 0 Å². The number of piperidine rings is 1. The molecule has 5 heteroatoms. The van der Waals surface area contributed by atoms with Gasteiger partial charge in [-0.25, -0.2) is 8.78 Å². The van der Waals surface area contributed by atoms with Crippen LogP contribution in [-0.4, -0.2) is 28.0 Å². The molecule has 0 spiro atoms. The van der Waals surface area contributed by atoms with Gasteiger partial charge in [0.1, 0.15) is 0 Å². The monoisotopic (exact) mass is 402 g/mol. The van der Waals surface area contributed by atoms with Crippen LogP contribution in [0.5, 0.6) is 0 Å². The largest absolute Gasteiger partial charge is 0.366 e. The van der Waals surface area contributed by atoms with Gasteiger partial charge in [0.05, 0.1) is 4.99 Å². The molecule has 2 nitrogen and oxygen atoms in total. The fourth-order valence-electron chi connectivity index (χ4n) is 3.94. The van der Waals surface area contributed by atoms with Crippen LogP contribution in [0.25, 0.3) is 0 Å². The Kier molecular flexibility index (Phi) is 6.43. The number of alkyl halides is 2. The van der Waals surface area contributed by atoms with E-state index >= 15 is 0 Å². The Hall–Kier alpha value is -1.88. The molecule has 0 bridgehead atoms. The lowest BCUT2D eigenvalue weighted by Gasteiger charge is -2.34. The van der Waals surface area contributed by atoms with Crippen molar-refractivity contribution < 1.29 is 8.78 Å². The first-order valence-electron chi connectivity index (χ1n) is 9.90. The molecule has 150 valence electrons. The Labute approximate surface area is 172 Å². The van der Waals surface area contributed by atoms with Crippen molar-refractivity contribution in [3.63, 3.8) is 0 Å². The highest BCUT2D eigenvalue weighted by atomic mass is 32.1. The number of benzene rings is 1. The fourth-order valence-corrected chi connectivity index (χ4v) is 4.27. The number of nitrogens with zero attached hydrogens (tertiary/aromatic N) is 2. The summed E-state index contributed by atoms with van der Waals surface area (Å²) >= 11 is 5.67. The van der Waals surface area contributed by atoms with Gasteiger partial charge in [0.2, 0.25) is 0 Å². The van der Waals surface area contributed by atoms with Crippen molar-refractivity contribution in [1.82, 2.24) is 9.88 Å². The maximum Gasteiger partial charge on any atom is 0.270 e. The fraction of sp³-hybridized carbons (Fsp3) is 0.478. The highest BCUT2D eigenvalue weighted by Gasteiger charge is 2.25. The molecule has 0 amide bonds. The van der Waals surface area contributed by atoms with Crippen LogP contribution in [0.15, 0.2) is 36.4 Å². The molecule has 1 aliphatic heterocycles. The van der Waals surface area contributed by atoms with Gasteiger partial charge in [0.15, 0.2) is 0 Å². The van der Waals surface area contributed by atoms with Crippen LogP contribution in [0.3, 0.4) is 0 Å². The minimum Gasteiger partial charge on any atom is -0.366 e. The molecular formula is C23H28F2N2S. The lowest BCUT2D eigenvalue weighted by Crippen LogP contribution is -2.39. The third kappa shape index (κ3) is 5.57. The van der Waals surface area contributed by atoms with Crippen molar-refractivity contribution in [2.75, 3.05) is 13.1 Å². The first kappa shape index (κ1) is 20.8. The number of aromatic nitrogens is 1. The zero-order valence-corrected chi connectivity index (χ0v) is 17.7. The normalized spacial score (nSPS) is 15.7. The van der Waals surface area contributed by atoms with E-state index in [9.17, 15) is 8.78 Å². The SMILES string of the molecule is Cc1cc(C)nc(CC(=S)N2CCC(Cc3ccc(C(C)(F)F)cc3)CC2)c1. The zero-order chi connectivity index (χ0) is 20.3. The average Bonchev–Trinajstić information content (AvgIpc) is 2.61. The molecule has 1 aromatic heterocycles. The topological polar surface area (TPSA) is 16.1 Å². The predicted octanol–water partition coefficient (Wildman–Crippen LogP) is 5.63. The number of aryl methyl sites for hydroxylation is 2. The lowest BCUT2D eigenvalue weighted by atomic mass is 9.89. The molecule has 0 aliphatic carbocycles. The number of hydrogen-bond donors (Lipinski definition) is 0. The van der Waals surface area contributed by atoms with E-state index in [-0.39, 0.29) is 5.56 Å². The number of likely N-dealkylation sites (tertiary alicyclic amines) is 1. The predicted molar refractivity (Wildman–Crippen MR) is 114 cm³/mol. The van der Waals surface area contributed by atoms with E-state index in [1.54, 1.807) is 12.1 Å². The van der Waals surface area contributed by atoms with E-state index < -0.39 is 5.92 Å². The summed E-state index contributed by atoms with van der Waals surface area (Å²) < 4.78 is 26.7. The van der Waals surface area contributed by atoms with Crippen molar-refractivity contribution in [2.45, 2.75) is 52.4 Å². The number of thiocarbonyl (C=S) groups is 1. The van der Waals surface area contributed by atoms with Crippen LogP contribution < -0.4 is 0 Å². The van der Waals surface area contributed by atoms with E-state index in [0.29, 0.717) is 5.92 Å². The second kappa shape index (κ2) is 8.64. The molecule has 2 aromatic rings. The highest BCUT2D eigenvalue weighted by Crippen LogP contribution is 2.28. The van der Waals surface area contributed by atoms with E-state index in [4.69, 9.17) is 12.2 Å². The molecule has 0 atom stereocenters. The quantitative estimate of drug-likeness (QED) is 0.603. The molecule has 2 heterocycles. The third-order valence-corrected chi connectivity index (χ3v) is 5.84. The van der Waals surface area contributed by atoms with Crippen molar-refractivity contribution in [2.24, 2.45) is 5.92 Å². The van der Waals surface area contributed by atoms with Gasteiger partial charge in [0.25, 0.3) is 5.92 Å². The second-order valence-corrected chi connectivity index (χ2v) is 8.54. The molecule has 1 aromatic carbocycles. The molecule has 0 saturated carbocycles. The Morgan fingerprint density at radius 3 is 2.36 bits per heavy atom. The zero-order valence-electron chi connectivity index (χ0n) is 16.8. The maximum atomic E-state index is 13.3. The van der Waals surface area contributed by atoms with Crippen molar-refractivity contribution in [3.8, 4) is 0 Å². The molecule has 0 unspecified atom stereocenters. The Morgan fingerprint density at radius 2 is 1.79 bits per heavy atom. The van der Waals surface area contributed by atoms with Crippen molar-refractivity contribution >= 4 is 17.2 Å². The molecule has 1 saturated heterocycles. The van der Waals surface area contributed by atoms with Gasteiger partial charge in [-0.2, -0.15) is 0 Å². The van der Waals surface area contributed by atoms with Crippen LogP contribution in [0.4, 0.5) is 8.78 Å². The minimum absolute atomic E-state index is 0.0800. The second-order valence-electron chi connectivity index (χ2n) is 8.07. The summed E-state index contributed by atoms with van der Waals surface area (Å²) in [6.45, 7) is 6.95. The molecule has 28 heavy (non-hydrogen) atoms. The van der Waals surface area contributed by atoms with Crippen LogP contribution in [0.1, 0.15) is 47.8 Å². The summed E-state index contributed by atoms with van der Waals surface area (Å²) in [6, 6.07) is 11.0. The third-order valence-electron chi connectivity index (χ3n) is 5.44. The van der Waals surface area contributed by atoms with Gasteiger partial charge in [-0.05, 0) is 62.3 Å². The van der Waals surface area contributed by atoms with Crippen LogP contribution in [0.2, 0.25) is 0 Å². The van der Waals surface area contributed by atoms with Gasteiger partial charge in [-0.1, -0.05) is 36.5 Å². The van der Waals surface area contributed by atoms with Crippen LogP contribution in [-0.2, 0) is 18.8 Å². The summed E-state index contributed by atoms with van der Waals surface area (Å²) in [5.41, 5.74) is 4.50. The van der Waals surface area contributed by atoms with Crippen molar-refractivity contribution in [1.29, 1.82) is 0 Å². The first-order valence-corrected chi connectivity index (χ1v) is 10.3. The molecule has 0 radical (unpaired) electrons. The lowest BCUT2D eigenvalue weighted by molar-refractivity contribution is 0.0174.